The first-order chi connectivity index (χ1) is 14.8. The summed E-state index contributed by atoms with van der Waals surface area (Å²) in [4.78, 5) is 0.0728. The van der Waals surface area contributed by atoms with Crippen molar-refractivity contribution < 1.29 is 17.7 Å². The van der Waals surface area contributed by atoms with Crippen molar-refractivity contribution in [3.63, 3.8) is 0 Å². The molecule has 160 valence electrons. The van der Waals surface area contributed by atoms with Gasteiger partial charge in [0.15, 0.2) is 0 Å². The highest BCUT2D eigenvalue weighted by atomic mass is 32.2. The monoisotopic (exact) mass is 435 g/mol. The zero-order valence-corrected chi connectivity index (χ0v) is 18.3. The average Bonchev–Trinajstić information content (AvgIpc) is 3.16. The molecule has 0 aliphatic rings. The second-order valence-electron chi connectivity index (χ2n) is 7.76. The number of rotatable bonds is 7. The van der Waals surface area contributed by atoms with E-state index in [4.69, 9.17) is 4.18 Å². The lowest BCUT2D eigenvalue weighted by Crippen LogP contribution is -2.30. The number of aromatic nitrogens is 1. The molecule has 1 aromatic heterocycles. The Balaban J connectivity index is 1.66. The Bertz CT molecular complexity index is 1280. The Hall–Kier alpha value is -2.93. The summed E-state index contributed by atoms with van der Waals surface area (Å²) in [6, 6.07) is 23.6. The van der Waals surface area contributed by atoms with Crippen LogP contribution in [0.3, 0.4) is 0 Å². The first-order valence-corrected chi connectivity index (χ1v) is 11.5. The van der Waals surface area contributed by atoms with Crippen molar-refractivity contribution in [3.05, 3.63) is 102 Å². The van der Waals surface area contributed by atoms with E-state index in [-0.39, 0.29) is 11.5 Å². The smallest absolute Gasteiger partial charge is 0.297 e. The van der Waals surface area contributed by atoms with Crippen LogP contribution in [0.15, 0.2) is 90.0 Å². The van der Waals surface area contributed by atoms with Crippen LogP contribution in [-0.4, -0.2) is 30.8 Å². The van der Waals surface area contributed by atoms with Gasteiger partial charge in [0.05, 0.1) is 17.5 Å². The van der Waals surface area contributed by atoms with Crippen molar-refractivity contribution in [2.45, 2.75) is 30.9 Å². The molecule has 2 atom stereocenters. The predicted molar refractivity (Wildman–Crippen MR) is 122 cm³/mol. The molecule has 0 radical (unpaired) electrons. The van der Waals surface area contributed by atoms with Gasteiger partial charge < -0.3 is 9.67 Å². The third-order valence-electron chi connectivity index (χ3n) is 5.39. The first-order valence-electron chi connectivity index (χ1n) is 10.1. The van der Waals surface area contributed by atoms with Gasteiger partial charge in [0, 0.05) is 11.7 Å². The number of nitrogens with zero attached hydrogens (tertiary/aromatic N) is 1. The van der Waals surface area contributed by atoms with Gasteiger partial charge in [-0.2, -0.15) is 8.42 Å². The first kappa shape index (κ1) is 21.3. The van der Waals surface area contributed by atoms with Gasteiger partial charge in [-0.05, 0) is 54.6 Å². The van der Waals surface area contributed by atoms with Crippen molar-refractivity contribution >= 4 is 21.0 Å². The largest absolute Gasteiger partial charge is 0.388 e. The maximum absolute atomic E-state index is 12.6. The van der Waals surface area contributed by atoms with Crippen molar-refractivity contribution in [1.29, 1.82) is 0 Å². The zero-order valence-electron chi connectivity index (χ0n) is 17.5. The minimum atomic E-state index is -3.98. The standard InChI is InChI=1S/C25H25NO4S/c1-18-9-12-22(13-10-18)31(28,29)30-17-24(27)25(21-6-4-3-5-7-21)26-15-14-20-11-8-19(2)16-23(20)26/h3-16,24-25,27H,17H2,1-2H3. The molecular weight excluding hydrogens is 410 g/mol. The summed E-state index contributed by atoms with van der Waals surface area (Å²) in [5.74, 6) is 0. The summed E-state index contributed by atoms with van der Waals surface area (Å²) < 4.78 is 32.5. The SMILES string of the molecule is Cc1ccc(S(=O)(=O)OCC(O)C(c2ccccc2)n2ccc3ccc(C)cc32)cc1. The molecule has 6 heteroatoms. The van der Waals surface area contributed by atoms with Crippen LogP contribution in [0.5, 0.6) is 0 Å². The van der Waals surface area contributed by atoms with Gasteiger partial charge in [-0.3, -0.25) is 4.18 Å². The van der Waals surface area contributed by atoms with E-state index in [0.29, 0.717) is 0 Å². The third-order valence-corrected chi connectivity index (χ3v) is 6.68. The fourth-order valence-corrected chi connectivity index (χ4v) is 4.67. The predicted octanol–water partition coefficient (Wildman–Crippen LogP) is 4.61. The van der Waals surface area contributed by atoms with Crippen molar-refractivity contribution in [1.82, 2.24) is 4.57 Å². The van der Waals surface area contributed by atoms with Crippen LogP contribution in [0.1, 0.15) is 22.7 Å². The minimum Gasteiger partial charge on any atom is -0.388 e. The number of fused-ring (bicyclic) bond motifs is 1. The highest BCUT2D eigenvalue weighted by Gasteiger charge is 2.27. The molecule has 0 amide bonds. The van der Waals surface area contributed by atoms with Gasteiger partial charge in [0.1, 0.15) is 6.10 Å². The summed E-state index contributed by atoms with van der Waals surface area (Å²) in [5, 5.41) is 12.2. The van der Waals surface area contributed by atoms with Crippen LogP contribution in [0, 0.1) is 13.8 Å². The van der Waals surface area contributed by atoms with Gasteiger partial charge in [-0.25, -0.2) is 0 Å². The molecule has 4 aromatic rings. The Labute approximate surface area is 182 Å². The molecule has 31 heavy (non-hydrogen) atoms. The van der Waals surface area contributed by atoms with Crippen molar-refractivity contribution in [2.24, 2.45) is 0 Å². The molecule has 0 bridgehead atoms. The van der Waals surface area contributed by atoms with Crippen molar-refractivity contribution in [3.8, 4) is 0 Å². The summed E-state index contributed by atoms with van der Waals surface area (Å²) in [5.41, 5.74) is 3.89. The second kappa shape index (κ2) is 8.67. The minimum absolute atomic E-state index is 0.0728. The normalized spacial score (nSPS) is 13.9. The zero-order chi connectivity index (χ0) is 22.0. The maximum Gasteiger partial charge on any atom is 0.297 e. The molecule has 1 N–H and O–H groups in total. The Kier molecular flexibility index (Phi) is 5.96. The molecular formula is C25H25NO4S. The topological polar surface area (TPSA) is 68.5 Å². The highest BCUT2D eigenvalue weighted by Crippen LogP contribution is 2.29. The van der Waals surface area contributed by atoms with Gasteiger partial charge >= 0.3 is 0 Å². The van der Waals surface area contributed by atoms with Crippen LogP contribution >= 0.6 is 0 Å². The quantitative estimate of drug-likeness (QED) is 0.430. The Morgan fingerprint density at radius 1 is 0.903 bits per heavy atom. The Morgan fingerprint density at radius 3 is 2.29 bits per heavy atom. The van der Waals surface area contributed by atoms with E-state index >= 15 is 0 Å². The average molecular weight is 436 g/mol. The lowest BCUT2D eigenvalue weighted by atomic mass is 10.0. The fourth-order valence-electron chi connectivity index (χ4n) is 3.74. The van der Waals surface area contributed by atoms with Crippen LogP contribution in [0.4, 0.5) is 0 Å². The van der Waals surface area contributed by atoms with E-state index in [1.807, 2.05) is 73.1 Å². The fraction of sp³-hybridized carbons (Fsp3) is 0.200. The summed E-state index contributed by atoms with van der Waals surface area (Å²) >= 11 is 0. The van der Waals surface area contributed by atoms with Crippen LogP contribution in [0.25, 0.3) is 10.9 Å². The van der Waals surface area contributed by atoms with Crippen molar-refractivity contribution in [2.75, 3.05) is 6.61 Å². The van der Waals surface area contributed by atoms with Crippen LogP contribution in [-0.2, 0) is 14.3 Å². The van der Waals surface area contributed by atoms with Gasteiger partial charge in [0.25, 0.3) is 10.1 Å². The molecule has 0 fully saturated rings. The summed E-state index contributed by atoms with van der Waals surface area (Å²) in [6.07, 6.45) is 0.832. The lowest BCUT2D eigenvalue weighted by Gasteiger charge is -2.26. The van der Waals surface area contributed by atoms with Gasteiger partial charge in [-0.1, -0.05) is 60.2 Å². The second-order valence-corrected chi connectivity index (χ2v) is 9.38. The molecule has 0 aliphatic carbocycles. The van der Waals surface area contributed by atoms with E-state index in [9.17, 15) is 13.5 Å². The molecule has 5 nitrogen and oxygen atoms in total. The number of benzene rings is 3. The molecule has 4 rings (SSSR count). The molecule has 0 aliphatic heterocycles. The van der Waals surface area contributed by atoms with E-state index in [1.54, 1.807) is 12.1 Å². The molecule has 0 spiro atoms. The summed E-state index contributed by atoms with van der Waals surface area (Å²) in [7, 11) is -3.98. The van der Waals surface area contributed by atoms with E-state index in [0.717, 1.165) is 27.6 Å². The molecule has 0 saturated heterocycles. The number of hydrogen-bond donors (Lipinski definition) is 1. The van der Waals surface area contributed by atoms with E-state index in [2.05, 4.69) is 6.07 Å². The number of hydrogen-bond acceptors (Lipinski definition) is 4. The Morgan fingerprint density at radius 2 is 1.58 bits per heavy atom. The number of aliphatic hydroxyl groups excluding tert-OH is 1. The van der Waals surface area contributed by atoms with E-state index in [1.165, 1.54) is 12.1 Å². The highest BCUT2D eigenvalue weighted by molar-refractivity contribution is 7.86. The summed E-state index contributed by atoms with van der Waals surface area (Å²) in [6.45, 7) is 3.54. The van der Waals surface area contributed by atoms with Gasteiger partial charge in [-0.15, -0.1) is 0 Å². The molecule has 0 saturated carbocycles. The van der Waals surface area contributed by atoms with Crippen LogP contribution < -0.4 is 0 Å². The number of aliphatic hydroxyl groups is 1. The molecule has 2 unspecified atom stereocenters. The van der Waals surface area contributed by atoms with Gasteiger partial charge in [0.2, 0.25) is 0 Å². The third kappa shape index (κ3) is 4.56. The lowest BCUT2D eigenvalue weighted by molar-refractivity contribution is 0.0785. The molecule has 3 aromatic carbocycles. The molecule has 1 heterocycles. The number of aryl methyl sites for hydroxylation is 2. The van der Waals surface area contributed by atoms with Crippen LogP contribution in [0.2, 0.25) is 0 Å². The maximum atomic E-state index is 12.6. The van der Waals surface area contributed by atoms with E-state index < -0.39 is 22.3 Å².